The molecule has 3 heterocycles. The van der Waals surface area contributed by atoms with E-state index >= 15 is 0 Å². The van der Waals surface area contributed by atoms with E-state index in [4.69, 9.17) is 5.11 Å². The number of carbonyl (C=O) groups excluding carboxylic acids is 1. The molecule has 0 saturated heterocycles. The number of hydrogen-bond acceptors (Lipinski definition) is 4. The van der Waals surface area contributed by atoms with Gasteiger partial charge in [-0.2, -0.15) is 5.10 Å². The zero-order chi connectivity index (χ0) is 20.7. The second-order valence-electron chi connectivity index (χ2n) is 6.74. The van der Waals surface area contributed by atoms with Crippen molar-refractivity contribution in [2.24, 2.45) is 0 Å². The third-order valence-corrected chi connectivity index (χ3v) is 5.61. The zero-order valence-electron chi connectivity index (χ0n) is 15.6. The van der Waals surface area contributed by atoms with Crippen LogP contribution in [0.3, 0.4) is 0 Å². The molecular weight excluding hydrogens is 395 g/mol. The van der Waals surface area contributed by atoms with Crippen LogP contribution in [-0.4, -0.2) is 31.7 Å². The minimum absolute atomic E-state index is 0.203. The van der Waals surface area contributed by atoms with Gasteiger partial charge in [0.2, 0.25) is 0 Å². The van der Waals surface area contributed by atoms with Gasteiger partial charge >= 0.3 is 5.97 Å². The van der Waals surface area contributed by atoms with Crippen LogP contribution in [0.1, 0.15) is 44.3 Å². The number of benzene rings is 1. The van der Waals surface area contributed by atoms with Crippen LogP contribution >= 0.6 is 11.3 Å². The molecule has 4 rings (SSSR count). The van der Waals surface area contributed by atoms with E-state index in [9.17, 15) is 14.0 Å². The highest BCUT2D eigenvalue weighted by Gasteiger charge is 2.18. The number of aromatic amines is 1. The Morgan fingerprint density at radius 2 is 2.10 bits per heavy atom. The van der Waals surface area contributed by atoms with Crippen molar-refractivity contribution in [3.63, 3.8) is 0 Å². The Labute approximate surface area is 168 Å². The number of aromatic carboxylic acids is 1. The number of thiophene rings is 1. The predicted octanol–water partition coefficient (Wildman–Crippen LogP) is 4.05. The van der Waals surface area contributed by atoms with Crippen LogP contribution < -0.4 is 5.32 Å². The van der Waals surface area contributed by atoms with E-state index in [0.29, 0.717) is 27.2 Å². The minimum Gasteiger partial charge on any atom is -0.477 e. The molecule has 3 aromatic heterocycles. The lowest BCUT2D eigenvalue weighted by Gasteiger charge is -2.15. The van der Waals surface area contributed by atoms with Crippen LogP contribution in [0.2, 0.25) is 0 Å². The number of carboxylic acids is 1. The van der Waals surface area contributed by atoms with Gasteiger partial charge in [-0.05, 0) is 49.2 Å². The molecule has 4 aromatic rings. The molecule has 1 aromatic carbocycles. The van der Waals surface area contributed by atoms with Crippen LogP contribution in [0.25, 0.3) is 15.9 Å². The summed E-state index contributed by atoms with van der Waals surface area (Å²) in [5.41, 5.74) is 2.79. The number of aryl methyl sites for hydroxylation is 1. The monoisotopic (exact) mass is 412 g/mol. The molecule has 9 heteroatoms. The normalized spacial score (nSPS) is 12.2. The van der Waals surface area contributed by atoms with Gasteiger partial charge in [-0.3, -0.25) is 4.79 Å². The first-order chi connectivity index (χ1) is 13.8. The summed E-state index contributed by atoms with van der Waals surface area (Å²) in [4.78, 5) is 26.7. The first-order valence-electron chi connectivity index (χ1n) is 8.79. The fourth-order valence-corrected chi connectivity index (χ4v) is 3.93. The molecule has 1 unspecified atom stereocenters. The van der Waals surface area contributed by atoms with Crippen molar-refractivity contribution in [1.82, 2.24) is 20.1 Å². The van der Waals surface area contributed by atoms with E-state index in [-0.39, 0.29) is 10.8 Å². The topological polar surface area (TPSA) is 100 Å². The third kappa shape index (κ3) is 3.64. The van der Waals surface area contributed by atoms with Crippen molar-refractivity contribution in [2.45, 2.75) is 19.9 Å². The lowest BCUT2D eigenvalue weighted by Crippen LogP contribution is -2.27. The van der Waals surface area contributed by atoms with Crippen molar-refractivity contribution < 1.29 is 19.1 Å². The average Bonchev–Trinajstić information content (AvgIpc) is 3.35. The molecule has 0 aliphatic heterocycles. The number of nitrogens with zero attached hydrogens (tertiary/aromatic N) is 2. The summed E-state index contributed by atoms with van der Waals surface area (Å²) < 4.78 is 16.7. The third-order valence-electron chi connectivity index (χ3n) is 4.54. The number of carbonyl (C=O) groups is 2. The Bertz CT molecular complexity index is 1210. The molecule has 0 bridgehead atoms. The SMILES string of the molecule is Cc1cnn(-c2ccc(C(C)NC(=O)c3cc4sc(C(=O)O)cc4[nH]3)cc2F)c1. The molecule has 0 aliphatic rings. The minimum atomic E-state index is -1.00. The maximum absolute atomic E-state index is 14.5. The van der Waals surface area contributed by atoms with Gasteiger partial charge in [0.1, 0.15) is 22.1 Å². The van der Waals surface area contributed by atoms with Crippen LogP contribution in [0.5, 0.6) is 0 Å². The molecule has 0 spiro atoms. The number of rotatable bonds is 5. The van der Waals surface area contributed by atoms with Gasteiger partial charge in [0.05, 0.1) is 22.5 Å². The Kier molecular flexibility index (Phi) is 4.67. The average molecular weight is 412 g/mol. The van der Waals surface area contributed by atoms with E-state index < -0.39 is 17.8 Å². The standard InChI is InChI=1S/C20H17FN4O3S/c1-10-8-22-25(9-10)16-4-3-12(5-13(16)21)11(2)23-19(26)15-7-17-14(24-15)6-18(29-17)20(27)28/h3-9,11,24H,1-2H3,(H,23,26)(H,27,28). The fraction of sp³-hybridized carbons (Fsp3) is 0.150. The molecule has 1 amide bonds. The number of carboxylic acid groups (broad SMARTS) is 1. The molecule has 3 N–H and O–H groups in total. The molecule has 0 aliphatic carbocycles. The van der Waals surface area contributed by atoms with Gasteiger partial charge in [-0.15, -0.1) is 11.3 Å². The van der Waals surface area contributed by atoms with E-state index in [1.54, 1.807) is 37.5 Å². The molecule has 148 valence electrons. The number of halogens is 1. The summed E-state index contributed by atoms with van der Waals surface area (Å²) >= 11 is 1.09. The van der Waals surface area contributed by atoms with E-state index in [0.717, 1.165) is 16.9 Å². The van der Waals surface area contributed by atoms with Gasteiger partial charge in [0, 0.05) is 6.20 Å². The summed E-state index contributed by atoms with van der Waals surface area (Å²) in [5, 5.41) is 16.0. The van der Waals surface area contributed by atoms with Crippen LogP contribution in [0.4, 0.5) is 4.39 Å². The molecule has 0 radical (unpaired) electrons. The van der Waals surface area contributed by atoms with Gasteiger partial charge in [0.25, 0.3) is 5.91 Å². The van der Waals surface area contributed by atoms with E-state index in [1.165, 1.54) is 16.8 Å². The van der Waals surface area contributed by atoms with Crippen molar-refractivity contribution in [3.8, 4) is 5.69 Å². The summed E-state index contributed by atoms with van der Waals surface area (Å²) in [7, 11) is 0. The Morgan fingerprint density at radius 1 is 1.31 bits per heavy atom. The molecular formula is C20H17FN4O3S. The summed E-state index contributed by atoms with van der Waals surface area (Å²) in [5.74, 6) is -1.80. The first-order valence-corrected chi connectivity index (χ1v) is 9.61. The number of H-pyrrole nitrogens is 1. The van der Waals surface area contributed by atoms with Crippen molar-refractivity contribution >= 4 is 33.4 Å². The van der Waals surface area contributed by atoms with Gasteiger partial charge in [-0.25, -0.2) is 13.9 Å². The fourth-order valence-electron chi connectivity index (χ4n) is 3.03. The maximum atomic E-state index is 14.5. The van der Waals surface area contributed by atoms with Crippen molar-refractivity contribution in [2.75, 3.05) is 0 Å². The first kappa shape index (κ1) is 18.9. The molecule has 1 atom stereocenters. The number of nitrogens with one attached hydrogen (secondary N) is 2. The maximum Gasteiger partial charge on any atom is 0.345 e. The van der Waals surface area contributed by atoms with Gasteiger partial charge in [-0.1, -0.05) is 6.07 Å². The highest BCUT2D eigenvalue weighted by atomic mass is 32.1. The Morgan fingerprint density at radius 3 is 2.72 bits per heavy atom. The summed E-state index contributed by atoms with van der Waals surface area (Å²) in [6, 6.07) is 7.42. The molecule has 29 heavy (non-hydrogen) atoms. The lowest BCUT2D eigenvalue weighted by atomic mass is 10.1. The lowest BCUT2D eigenvalue weighted by molar-refractivity contribution is 0.0702. The van der Waals surface area contributed by atoms with Crippen LogP contribution in [-0.2, 0) is 0 Å². The van der Waals surface area contributed by atoms with Crippen LogP contribution in [0, 0.1) is 12.7 Å². The Balaban J connectivity index is 1.50. The largest absolute Gasteiger partial charge is 0.477 e. The number of hydrogen-bond donors (Lipinski definition) is 3. The molecule has 0 fully saturated rings. The van der Waals surface area contributed by atoms with Crippen molar-refractivity contribution in [1.29, 1.82) is 0 Å². The molecule has 0 saturated carbocycles. The van der Waals surface area contributed by atoms with E-state index in [2.05, 4.69) is 15.4 Å². The number of aromatic nitrogens is 3. The highest BCUT2D eigenvalue weighted by molar-refractivity contribution is 7.20. The van der Waals surface area contributed by atoms with Gasteiger partial charge < -0.3 is 15.4 Å². The quantitative estimate of drug-likeness (QED) is 0.460. The number of fused-ring (bicyclic) bond motifs is 1. The zero-order valence-corrected chi connectivity index (χ0v) is 16.4. The number of amides is 1. The van der Waals surface area contributed by atoms with Crippen LogP contribution in [0.15, 0.2) is 42.7 Å². The Hall–Kier alpha value is -3.46. The smallest absolute Gasteiger partial charge is 0.345 e. The molecule has 7 nitrogen and oxygen atoms in total. The highest BCUT2D eigenvalue weighted by Crippen LogP contribution is 2.27. The summed E-state index contributed by atoms with van der Waals surface area (Å²) in [6.07, 6.45) is 3.38. The van der Waals surface area contributed by atoms with E-state index in [1.807, 2.05) is 6.92 Å². The predicted molar refractivity (Wildman–Crippen MR) is 107 cm³/mol. The second-order valence-corrected chi connectivity index (χ2v) is 7.83. The summed E-state index contributed by atoms with van der Waals surface area (Å²) in [6.45, 7) is 3.64. The van der Waals surface area contributed by atoms with Crippen molar-refractivity contribution in [3.05, 3.63) is 70.2 Å². The second kappa shape index (κ2) is 7.17. The van der Waals surface area contributed by atoms with Gasteiger partial charge in [0.15, 0.2) is 0 Å².